The number of hydrogen-bond acceptors (Lipinski definition) is 6. The van der Waals surface area contributed by atoms with E-state index < -0.39 is 10.0 Å². The number of hydrogen-bond donors (Lipinski definition) is 2. The van der Waals surface area contributed by atoms with E-state index in [0.717, 1.165) is 21.9 Å². The van der Waals surface area contributed by atoms with E-state index >= 15 is 0 Å². The molecule has 1 heterocycles. The number of methoxy groups -OCH3 is 1. The van der Waals surface area contributed by atoms with Crippen molar-refractivity contribution in [2.45, 2.75) is 35.1 Å². The molecular weight excluding hydrogens is 458 g/mol. The topological polar surface area (TPSA) is 97.4 Å². The second kappa shape index (κ2) is 11.3. The minimum atomic E-state index is -3.67. The van der Waals surface area contributed by atoms with Crippen molar-refractivity contribution >= 4 is 33.4 Å². The number of ether oxygens (including phenoxy) is 1. The Hall–Kier alpha value is -2.88. The predicted octanol–water partition coefficient (Wildman–Crippen LogP) is 4.42. The van der Waals surface area contributed by atoms with Crippen LogP contribution in [0.5, 0.6) is 0 Å². The maximum atomic E-state index is 12.7. The summed E-state index contributed by atoms with van der Waals surface area (Å²) in [5, 5.41) is 3.55. The van der Waals surface area contributed by atoms with E-state index in [2.05, 4.69) is 15.0 Å². The van der Waals surface area contributed by atoms with Gasteiger partial charge in [-0.15, -0.1) is 0 Å². The zero-order chi connectivity index (χ0) is 23.8. The number of nitrogens with one attached hydrogen (secondary N) is 2. The van der Waals surface area contributed by atoms with E-state index in [-0.39, 0.29) is 10.8 Å². The van der Waals surface area contributed by atoms with Gasteiger partial charge >= 0.3 is 0 Å². The fourth-order valence-electron chi connectivity index (χ4n) is 3.12. The lowest BCUT2D eigenvalue weighted by Crippen LogP contribution is -2.25. The second-order valence-electron chi connectivity index (χ2n) is 7.49. The van der Waals surface area contributed by atoms with Crippen molar-refractivity contribution in [3.8, 4) is 0 Å². The van der Waals surface area contributed by atoms with E-state index in [4.69, 9.17) is 4.74 Å². The summed E-state index contributed by atoms with van der Waals surface area (Å²) in [6, 6.07) is 15.8. The molecule has 0 aliphatic rings. The van der Waals surface area contributed by atoms with Gasteiger partial charge in [-0.05, 0) is 68.3 Å². The number of rotatable bonds is 10. The molecule has 0 atom stereocenters. The number of amides is 1. The van der Waals surface area contributed by atoms with Gasteiger partial charge in [0.25, 0.3) is 15.9 Å². The normalized spacial score (nSPS) is 11.2. The average molecular weight is 486 g/mol. The molecule has 33 heavy (non-hydrogen) atoms. The van der Waals surface area contributed by atoms with E-state index in [0.29, 0.717) is 30.0 Å². The first-order valence-corrected chi connectivity index (χ1v) is 12.7. The monoisotopic (exact) mass is 485 g/mol. The Bertz CT molecular complexity index is 1200. The average Bonchev–Trinajstić information content (AvgIpc) is 2.78. The maximum absolute atomic E-state index is 12.7. The molecule has 9 heteroatoms. The molecule has 0 radical (unpaired) electrons. The lowest BCUT2D eigenvalue weighted by molar-refractivity contribution is 0.0948. The lowest BCUT2D eigenvalue weighted by Gasteiger charge is -2.11. The standard InChI is InChI=1S/C24H27N3O4S2/c1-17-5-11-22(18(2)15-17)33(29,30)27-20-7-9-21(10-8-20)32-23-12-6-19(16-26-23)24(28)25-13-4-14-31-3/h5-12,15-16,27H,4,13-14H2,1-3H3,(H,25,28). The Labute approximate surface area is 199 Å². The largest absolute Gasteiger partial charge is 0.385 e. The fraction of sp³-hybridized carbons (Fsp3) is 0.250. The third kappa shape index (κ3) is 7.05. The maximum Gasteiger partial charge on any atom is 0.262 e. The number of nitrogens with zero attached hydrogens (tertiary/aromatic N) is 1. The molecule has 3 rings (SSSR count). The van der Waals surface area contributed by atoms with Crippen LogP contribution in [-0.4, -0.2) is 39.6 Å². The van der Waals surface area contributed by atoms with Crippen molar-refractivity contribution in [1.82, 2.24) is 10.3 Å². The highest BCUT2D eigenvalue weighted by Crippen LogP contribution is 2.28. The molecule has 1 amide bonds. The first kappa shape index (κ1) is 24.8. The number of aryl methyl sites for hydroxylation is 2. The summed E-state index contributed by atoms with van der Waals surface area (Å²) < 4.78 is 33.0. The Morgan fingerprint density at radius 1 is 1.06 bits per heavy atom. The van der Waals surface area contributed by atoms with Gasteiger partial charge in [0.1, 0.15) is 5.03 Å². The van der Waals surface area contributed by atoms with Crippen molar-refractivity contribution in [3.63, 3.8) is 0 Å². The molecule has 3 aromatic rings. The summed E-state index contributed by atoms with van der Waals surface area (Å²) in [6.07, 6.45) is 2.29. The van der Waals surface area contributed by atoms with Gasteiger partial charge < -0.3 is 10.1 Å². The fourth-order valence-corrected chi connectivity index (χ4v) is 5.16. The van der Waals surface area contributed by atoms with E-state index in [1.807, 2.05) is 25.1 Å². The number of anilines is 1. The van der Waals surface area contributed by atoms with Gasteiger partial charge in [0.05, 0.1) is 10.5 Å². The molecule has 0 bridgehead atoms. The number of sulfonamides is 1. The number of aromatic nitrogens is 1. The highest BCUT2D eigenvalue weighted by Gasteiger charge is 2.17. The van der Waals surface area contributed by atoms with Crippen LogP contribution >= 0.6 is 11.8 Å². The Morgan fingerprint density at radius 3 is 2.45 bits per heavy atom. The van der Waals surface area contributed by atoms with Crippen LogP contribution in [0.1, 0.15) is 27.9 Å². The molecule has 0 unspecified atom stereocenters. The van der Waals surface area contributed by atoms with Gasteiger partial charge in [-0.2, -0.15) is 0 Å². The summed E-state index contributed by atoms with van der Waals surface area (Å²) in [6.45, 7) is 4.85. The number of pyridine rings is 1. The molecule has 2 N–H and O–H groups in total. The summed E-state index contributed by atoms with van der Waals surface area (Å²) in [5.74, 6) is -0.171. The van der Waals surface area contributed by atoms with E-state index in [9.17, 15) is 13.2 Å². The van der Waals surface area contributed by atoms with Crippen molar-refractivity contribution in [3.05, 3.63) is 77.5 Å². The van der Waals surface area contributed by atoms with Crippen LogP contribution in [-0.2, 0) is 14.8 Å². The first-order chi connectivity index (χ1) is 15.8. The van der Waals surface area contributed by atoms with Crippen LogP contribution in [0.4, 0.5) is 5.69 Å². The van der Waals surface area contributed by atoms with Gasteiger partial charge in [-0.3, -0.25) is 9.52 Å². The molecule has 0 aliphatic heterocycles. The Morgan fingerprint density at radius 2 is 1.82 bits per heavy atom. The summed E-state index contributed by atoms with van der Waals surface area (Å²) in [7, 11) is -2.04. The van der Waals surface area contributed by atoms with Crippen LogP contribution in [0, 0.1) is 13.8 Å². The van der Waals surface area contributed by atoms with Crippen molar-refractivity contribution in [1.29, 1.82) is 0 Å². The molecule has 1 aromatic heterocycles. The number of carbonyl (C=O) groups excluding carboxylic acids is 1. The van der Waals surface area contributed by atoms with Crippen LogP contribution in [0.15, 0.2) is 75.6 Å². The highest BCUT2D eigenvalue weighted by atomic mass is 32.2. The molecule has 0 saturated heterocycles. The third-order valence-corrected chi connectivity index (χ3v) is 7.26. The molecule has 0 saturated carbocycles. The SMILES string of the molecule is COCCCNC(=O)c1ccc(Sc2ccc(NS(=O)(=O)c3ccc(C)cc3C)cc2)nc1. The van der Waals surface area contributed by atoms with E-state index in [1.165, 1.54) is 11.8 Å². The third-order valence-electron chi connectivity index (χ3n) is 4.76. The van der Waals surface area contributed by atoms with Gasteiger partial charge in [-0.1, -0.05) is 29.5 Å². The van der Waals surface area contributed by atoms with Crippen molar-refractivity contribution in [2.24, 2.45) is 0 Å². The van der Waals surface area contributed by atoms with Crippen molar-refractivity contribution < 1.29 is 17.9 Å². The molecular formula is C24H27N3O4S2. The Balaban J connectivity index is 1.60. The van der Waals surface area contributed by atoms with Gasteiger partial charge in [0, 0.05) is 37.0 Å². The van der Waals surface area contributed by atoms with Gasteiger partial charge in [0.2, 0.25) is 0 Å². The molecule has 0 aliphatic carbocycles. The van der Waals surface area contributed by atoms with Gasteiger partial charge in [-0.25, -0.2) is 13.4 Å². The summed E-state index contributed by atoms with van der Waals surface area (Å²) >= 11 is 1.42. The predicted molar refractivity (Wildman–Crippen MR) is 130 cm³/mol. The molecule has 0 spiro atoms. The number of benzene rings is 2. The Kier molecular flexibility index (Phi) is 8.49. The van der Waals surface area contributed by atoms with Gasteiger partial charge in [0.15, 0.2) is 0 Å². The van der Waals surface area contributed by atoms with Crippen LogP contribution in [0.25, 0.3) is 0 Å². The highest BCUT2D eigenvalue weighted by molar-refractivity contribution is 7.99. The van der Waals surface area contributed by atoms with Crippen LogP contribution in [0.2, 0.25) is 0 Å². The molecule has 2 aromatic carbocycles. The number of carbonyl (C=O) groups is 1. The van der Waals surface area contributed by atoms with E-state index in [1.54, 1.807) is 56.6 Å². The molecule has 0 fully saturated rings. The van der Waals surface area contributed by atoms with Crippen LogP contribution < -0.4 is 10.0 Å². The minimum Gasteiger partial charge on any atom is -0.385 e. The quantitative estimate of drug-likeness (QED) is 0.413. The summed E-state index contributed by atoms with van der Waals surface area (Å²) in [4.78, 5) is 17.6. The zero-order valence-electron chi connectivity index (χ0n) is 18.8. The first-order valence-electron chi connectivity index (χ1n) is 10.4. The molecule has 174 valence electrons. The summed E-state index contributed by atoms with van der Waals surface area (Å²) in [5.41, 5.74) is 2.69. The second-order valence-corrected chi connectivity index (χ2v) is 10.2. The minimum absolute atomic E-state index is 0.171. The smallest absolute Gasteiger partial charge is 0.262 e. The van der Waals surface area contributed by atoms with Crippen molar-refractivity contribution in [2.75, 3.05) is 25.0 Å². The molecule has 7 nitrogen and oxygen atoms in total. The zero-order valence-corrected chi connectivity index (χ0v) is 20.4. The lowest BCUT2D eigenvalue weighted by atomic mass is 10.2. The van der Waals surface area contributed by atoms with Crippen LogP contribution in [0.3, 0.4) is 0 Å².